The van der Waals surface area contributed by atoms with Crippen molar-refractivity contribution in [3.63, 3.8) is 0 Å². The second-order valence-electron chi connectivity index (χ2n) is 3.85. The van der Waals surface area contributed by atoms with E-state index >= 15 is 0 Å². The number of hydrogen-bond donors (Lipinski definition) is 1. The Labute approximate surface area is 128 Å². The third-order valence-corrected chi connectivity index (χ3v) is 4.26. The minimum Gasteiger partial charge on any atom is -0.300 e. The fraction of sp³-hybridized carbons (Fsp3) is 0. The molecule has 100 valence electrons. The van der Waals surface area contributed by atoms with Crippen LogP contribution in [-0.4, -0.2) is 16.1 Å². The van der Waals surface area contributed by atoms with Crippen LogP contribution >= 0.6 is 34.7 Å². The zero-order valence-electron chi connectivity index (χ0n) is 10.0. The second-order valence-corrected chi connectivity index (χ2v) is 6.19. The number of aromatic nitrogens is 1. The lowest BCUT2D eigenvalue weighted by molar-refractivity contribution is -0.115. The van der Waals surface area contributed by atoms with Crippen LogP contribution in [0.25, 0.3) is 6.08 Å². The fourth-order valence-corrected chi connectivity index (χ4v) is 3.06. The summed E-state index contributed by atoms with van der Waals surface area (Å²) in [5.74, 6) is -0.153. The number of thiazole rings is 1. The van der Waals surface area contributed by atoms with Crippen molar-refractivity contribution in [1.82, 2.24) is 10.3 Å². The number of carbonyl (C=O) groups excluding carboxylic acids is 1. The Balaban J connectivity index is 1.82. The van der Waals surface area contributed by atoms with Gasteiger partial charge in [-0.2, -0.15) is 4.99 Å². The van der Waals surface area contributed by atoms with Gasteiger partial charge in [-0.25, -0.2) is 4.98 Å². The molecule has 1 fully saturated rings. The Hall–Kier alpha value is -1.63. The lowest BCUT2D eigenvalue weighted by Crippen LogP contribution is -2.19. The van der Waals surface area contributed by atoms with Crippen LogP contribution in [0.1, 0.15) is 5.56 Å². The van der Waals surface area contributed by atoms with E-state index in [1.165, 1.54) is 23.1 Å². The molecule has 1 aliphatic heterocycles. The molecule has 1 saturated heterocycles. The Bertz CT molecular complexity index is 693. The average molecular weight is 322 g/mol. The van der Waals surface area contributed by atoms with Crippen LogP contribution in [0.3, 0.4) is 0 Å². The fourth-order valence-electron chi connectivity index (χ4n) is 1.55. The highest BCUT2D eigenvalue weighted by atomic mass is 35.5. The molecule has 0 radical (unpaired) electrons. The van der Waals surface area contributed by atoms with Crippen LogP contribution in [-0.2, 0) is 4.79 Å². The number of nitrogens with one attached hydrogen (secondary N) is 1. The number of nitrogens with zero attached hydrogens (tertiary/aromatic N) is 2. The summed E-state index contributed by atoms with van der Waals surface area (Å²) in [4.78, 5) is 20.8. The van der Waals surface area contributed by atoms with Crippen molar-refractivity contribution in [3.05, 3.63) is 51.3 Å². The Morgan fingerprint density at radius 2 is 2.10 bits per heavy atom. The second kappa shape index (κ2) is 5.78. The van der Waals surface area contributed by atoms with Crippen LogP contribution < -0.4 is 5.32 Å². The van der Waals surface area contributed by atoms with Crippen molar-refractivity contribution < 1.29 is 4.79 Å². The molecule has 0 unspecified atom stereocenters. The molecular weight excluding hydrogens is 314 g/mol. The quantitative estimate of drug-likeness (QED) is 0.858. The summed E-state index contributed by atoms with van der Waals surface area (Å²) in [6, 6.07) is 7.30. The molecule has 20 heavy (non-hydrogen) atoms. The van der Waals surface area contributed by atoms with Crippen molar-refractivity contribution in [3.8, 4) is 0 Å². The number of aliphatic imine (C=N–C) groups is 1. The first-order chi connectivity index (χ1) is 9.70. The average Bonchev–Trinajstić information content (AvgIpc) is 3.04. The summed E-state index contributed by atoms with van der Waals surface area (Å²) >= 11 is 8.55. The summed E-state index contributed by atoms with van der Waals surface area (Å²) in [7, 11) is 0. The highest BCUT2D eigenvalue weighted by Gasteiger charge is 2.23. The Kier molecular flexibility index (Phi) is 3.86. The zero-order valence-corrected chi connectivity index (χ0v) is 12.4. The predicted octanol–water partition coefficient (Wildman–Crippen LogP) is 3.69. The summed E-state index contributed by atoms with van der Waals surface area (Å²) in [5, 5.41) is 6.40. The van der Waals surface area contributed by atoms with Gasteiger partial charge in [-0.1, -0.05) is 23.7 Å². The standard InChI is InChI=1S/C13H8ClN3OS2/c14-9-3-1-8(2-4-9)7-10-11(18)16-13(20-10)17-12-15-5-6-19-12/h1-7H,(H,15,16,17,18). The molecule has 0 atom stereocenters. The van der Waals surface area contributed by atoms with E-state index in [1.54, 1.807) is 24.4 Å². The van der Waals surface area contributed by atoms with Crippen LogP contribution in [0, 0.1) is 0 Å². The molecule has 0 spiro atoms. The normalized spacial score (nSPS) is 18.8. The molecule has 0 saturated carbocycles. The Morgan fingerprint density at radius 3 is 2.80 bits per heavy atom. The largest absolute Gasteiger partial charge is 0.300 e. The van der Waals surface area contributed by atoms with Crippen molar-refractivity contribution in [2.45, 2.75) is 0 Å². The summed E-state index contributed by atoms with van der Waals surface area (Å²) in [5.41, 5.74) is 0.919. The molecule has 0 bridgehead atoms. The van der Waals surface area contributed by atoms with Gasteiger partial charge in [0.25, 0.3) is 5.91 Å². The maximum Gasteiger partial charge on any atom is 0.264 e. The predicted molar refractivity (Wildman–Crippen MR) is 84.4 cm³/mol. The zero-order chi connectivity index (χ0) is 13.9. The summed E-state index contributed by atoms with van der Waals surface area (Å²) in [6.45, 7) is 0. The SMILES string of the molecule is O=C1N/C(=N\c2nccs2)SC1=Cc1ccc(Cl)cc1. The first kappa shape index (κ1) is 13.4. The van der Waals surface area contributed by atoms with Gasteiger partial charge < -0.3 is 5.32 Å². The summed E-state index contributed by atoms with van der Waals surface area (Å²) < 4.78 is 0. The van der Waals surface area contributed by atoms with Gasteiger partial charge in [-0.05, 0) is 35.5 Å². The third-order valence-electron chi connectivity index (χ3n) is 2.44. The molecule has 7 heteroatoms. The third kappa shape index (κ3) is 3.09. The first-order valence-corrected chi connectivity index (χ1v) is 7.73. The van der Waals surface area contributed by atoms with Gasteiger partial charge in [0.1, 0.15) is 0 Å². The number of amidine groups is 1. The van der Waals surface area contributed by atoms with Crippen molar-refractivity contribution >= 4 is 57.0 Å². The molecule has 1 aliphatic rings. The van der Waals surface area contributed by atoms with E-state index in [0.717, 1.165) is 5.56 Å². The van der Waals surface area contributed by atoms with Crippen LogP contribution in [0.4, 0.5) is 5.13 Å². The van der Waals surface area contributed by atoms with E-state index in [4.69, 9.17) is 11.6 Å². The monoisotopic (exact) mass is 321 g/mol. The highest BCUT2D eigenvalue weighted by Crippen LogP contribution is 2.28. The topological polar surface area (TPSA) is 54.4 Å². The molecule has 0 aliphatic carbocycles. The maximum atomic E-state index is 11.9. The number of carbonyl (C=O) groups is 1. The van der Waals surface area contributed by atoms with Crippen LogP contribution in [0.5, 0.6) is 0 Å². The highest BCUT2D eigenvalue weighted by molar-refractivity contribution is 8.18. The van der Waals surface area contributed by atoms with E-state index in [1.807, 2.05) is 17.5 Å². The van der Waals surface area contributed by atoms with Crippen molar-refractivity contribution in [1.29, 1.82) is 0 Å². The molecule has 2 aromatic rings. The van der Waals surface area contributed by atoms with Gasteiger partial charge in [-0.15, -0.1) is 11.3 Å². The molecular formula is C13H8ClN3OS2. The maximum absolute atomic E-state index is 11.9. The number of hydrogen-bond acceptors (Lipinski definition) is 5. The van der Waals surface area contributed by atoms with Gasteiger partial charge in [0.2, 0.25) is 5.13 Å². The van der Waals surface area contributed by atoms with Gasteiger partial charge in [0, 0.05) is 16.6 Å². The summed E-state index contributed by atoms with van der Waals surface area (Å²) in [6.07, 6.45) is 3.48. The number of benzene rings is 1. The van der Waals surface area contributed by atoms with Crippen LogP contribution in [0.2, 0.25) is 5.02 Å². The smallest absolute Gasteiger partial charge is 0.264 e. The van der Waals surface area contributed by atoms with Gasteiger partial charge >= 0.3 is 0 Å². The van der Waals surface area contributed by atoms with Gasteiger partial charge in [0.05, 0.1) is 4.91 Å². The van der Waals surface area contributed by atoms with E-state index < -0.39 is 0 Å². The van der Waals surface area contributed by atoms with E-state index in [0.29, 0.717) is 20.2 Å². The van der Waals surface area contributed by atoms with Crippen LogP contribution in [0.15, 0.2) is 45.7 Å². The van der Waals surface area contributed by atoms with Crippen molar-refractivity contribution in [2.75, 3.05) is 0 Å². The van der Waals surface area contributed by atoms with E-state index in [2.05, 4.69) is 15.3 Å². The Morgan fingerprint density at radius 1 is 1.30 bits per heavy atom. The van der Waals surface area contributed by atoms with Gasteiger partial charge in [0.15, 0.2) is 5.17 Å². The first-order valence-electron chi connectivity index (χ1n) is 5.65. The molecule has 3 rings (SSSR count). The minimum absolute atomic E-state index is 0.153. The molecule has 1 aromatic carbocycles. The van der Waals surface area contributed by atoms with E-state index in [9.17, 15) is 4.79 Å². The molecule has 1 amide bonds. The molecule has 2 heterocycles. The molecule has 4 nitrogen and oxygen atoms in total. The lowest BCUT2D eigenvalue weighted by atomic mass is 10.2. The van der Waals surface area contributed by atoms with Gasteiger partial charge in [-0.3, -0.25) is 4.79 Å². The minimum atomic E-state index is -0.153. The molecule has 1 aromatic heterocycles. The lowest BCUT2D eigenvalue weighted by Gasteiger charge is -1.95. The molecule has 1 N–H and O–H groups in total. The number of amides is 1. The number of thioether (sulfide) groups is 1. The number of halogens is 1. The number of rotatable bonds is 2. The van der Waals surface area contributed by atoms with E-state index in [-0.39, 0.29) is 5.91 Å². The van der Waals surface area contributed by atoms with Crippen molar-refractivity contribution in [2.24, 2.45) is 4.99 Å².